The molecule has 28 heavy (non-hydrogen) atoms. The first kappa shape index (κ1) is 19.7. The van der Waals surface area contributed by atoms with Crippen LogP contribution in [0.5, 0.6) is 5.75 Å². The van der Waals surface area contributed by atoms with Gasteiger partial charge in [0.1, 0.15) is 5.75 Å². The van der Waals surface area contributed by atoms with Gasteiger partial charge >= 0.3 is 0 Å². The van der Waals surface area contributed by atoms with Crippen LogP contribution in [0.4, 0.5) is 11.4 Å². The Hall–Kier alpha value is -3.06. The molecular weight excluding hydrogens is 346 g/mol. The maximum atomic E-state index is 8.92. The Balaban J connectivity index is 2.03. The summed E-state index contributed by atoms with van der Waals surface area (Å²) in [4.78, 5) is 7.01. The van der Waals surface area contributed by atoms with Crippen molar-refractivity contribution in [2.45, 2.75) is 39.7 Å². The molecule has 0 atom stereocenters. The number of hydrogen-bond acceptors (Lipinski definition) is 4. The minimum Gasteiger partial charge on any atom is -0.496 e. The zero-order valence-electron chi connectivity index (χ0n) is 17.3. The minimum atomic E-state index is -0.0315. The van der Waals surface area contributed by atoms with Gasteiger partial charge in [-0.2, -0.15) is 5.26 Å². The molecule has 0 saturated heterocycles. The van der Waals surface area contributed by atoms with Gasteiger partial charge in [-0.25, -0.2) is 0 Å². The zero-order chi connectivity index (χ0) is 20.3. The molecule has 2 aromatic rings. The van der Waals surface area contributed by atoms with Crippen LogP contribution in [0, 0.1) is 11.3 Å². The number of rotatable bonds is 5. The molecule has 0 radical (unpaired) electrons. The lowest BCUT2D eigenvalue weighted by molar-refractivity contribution is 0.413. The van der Waals surface area contributed by atoms with Crippen LogP contribution in [0.2, 0.25) is 0 Å². The van der Waals surface area contributed by atoms with E-state index < -0.39 is 0 Å². The summed E-state index contributed by atoms with van der Waals surface area (Å²) in [7, 11) is 1.70. The fraction of sp³-hybridized carbons (Fsp3) is 0.333. The van der Waals surface area contributed by atoms with E-state index in [0.29, 0.717) is 5.56 Å². The average Bonchev–Trinajstić information content (AvgIpc) is 2.69. The first-order valence-electron chi connectivity index (χ1n) is 9.63. The van der Waals surface area contributed by atoms with E-state index >= 15 is 0 Å². The summed E-state index contributed by atoms with van der Waals surface area (Å²) < 4.78 is 5.69. The molecule has 1 heterocycles. The second-order valence-corrected chi connectivity index (χ2v) is 7.66. The van der Waals surface area contributed by atoms with Gasteiger partial charge in [-0.1, -0.05) is 13.0 Å². The summed E-state index contributed by atoms with van der Waals surface area (Å²) in [5.74, 6) is 0.808. The van der Waals surface area contributed by atoms with Crippen molar-refractivity contribution >= 4 is 23.2 Å². The van der Waals surface area contributed by atoms with Crippen molar-refractivity contribution < 1.29 is 4.74 Å². The monoisotopic (exact) mass is 373 g/mol. The number of aliphatic imine (C=N–C) groups is 1. The molecule has 2 aromatic carbocycles. The molecule has 0 bridgehead atoms. The van der Waals surface area contributed by atoms with E-state index in [2.05, 4.69) is 61.9 Å². The van der Waals surface area contributed by atoms with Crippen molar-refractivity contribution in [3.05, 3.63) is 59.2 Å². The Morgan fingerprint density at radius 1 is 1.21 bits per heavy atom. The summed E-state index contributed by atoms with van der Waals surface area (Å²) >= 11 is 0. The molecule has 0 amide bonds. The van der Waals surface area contributed by atoms with Gasteiger partial charge < -0.3 is 9.64 Å². The minimum absolute atomic E-state index is 0.0315. The highest BCUT2D eigenvalue weighted by Gasteiger charge is 2.31. The Morgan fingerprint density at radius 2 is 1.93 bits per heavy atom. The third-order valence-electron chi connectivity index (χ3n) is 5.13. The second kappa shape index (κ2) is 7.90. The van der Waals surface area contributed by atoms with Gasteiger partial charge in [-0.15, -0.1) is 0 Å². The molecule has 0 saturated carbocycles. The fourth-order valence-corrected chi connectivity index (χ4v) is 3.80. The van der Waals surface area contributed by atoms with Gasteiger partial charge in [-0.05, 0) is 63.1 Å². The summed E-state index contributed by atoms with van der Waals surface area (Å²) in [6, 6.07) is 13.6. The molecule has 0 N–H and O–H groups in total. The molecule has 3 rings (SSSR count). The van der Waals surface area contributed by atoms with Crippen LogP contribution in [-0.4, -0.2) is 25.4 Å². The van der Waals surface area contributed by atoms with E-state index in [-0.39, 0.29) is 5.54 Å². The highest BCUT2D eigenvalue weighted by Crippen LogP contribution is 2.42. The lowest BCUT2D eigenvalue weighted by Crippen LogP contribution is -2.45. The van der Waals surface area contributed by atoms with Gasteiger partial charge in [0.25, 0.3) is 0 Å². The number of benzene rings is 2. The van der Waals surface area contributed by atoms with E-state index in [0.717, 1.165) is 30.0 Å². The number of anilines is 1. The largest absolute Gasteiger partial charge is 0.496 e. The Kier molecular flexibility index (Phi) is 5.56. The Bertz CT molecular complexity index is 963. The van der Waals surface area contributed by atoms with E-state index in [9.17, 15) is 0 Å². The molecule has 0 spiro atoms. The molecule has 4 nitrogen and oxygen atoms in total. The Morgan fingerprint density at radius 3 is 2.54 bits per heavy atom. The zero-order valence-corrected chi connectivity index (χ0v) is 17.3. The van der Waals surface area contributed by atoms with Crippen molar-refractivity contribution in [1.82, 2.24) is 0 Å². The van der Waals surface area contributed by atoms with E-state index in [4.69, 9.17) is 10.00 Å². The highest BCUT2D eigenvalue weighted by atomic mass is 16.5. The molecule has 1 aliphatic rings. The molecular formula is C24H27N3O. The van der Waals surface area contributed by atoms with Crippen LogP contribution in [0.1, 0.15) is 50.8 Å². The quantitative estimate of drug-likeness (QED) is 0.629. The van der Waals surface area contributed by atoms with Crippen LogP contribution in [-0.2, 0) is 0 Å². The predicted molar refractivity (Wildman–Crippen MR) is 117 cm³/mol. The van der Waals surface area contributed by atoms with E-state index in [1.165, 1.54) is 16.8 Å². The molecule has 1 aliphatic heterocycles. The van der Waals surface area contributed by atoms with E-state index in [1.807, 2.05) is 18.3 Å². The third kappa shape index (κ3) is 3.80. The smallest absolute Gasteiger partial charge is 0.129 e. The van der Waals surface area contributed by atoms with Crippen LogP contribution in [0.25, 0.3) is 5.57 Å². The first-order chi connectivity index (χ1) is 13.4. The lowest BCUT2D eigenvalue weighted by Gasteiger charge is -2.43. The number of nitrogens with zero attached hydrogens (tertiary/aromatic N) is 3. The molecule has 4 heteroatoms. The molecule has 144 valence electrons. The average molecular weight is 374 g/mol. The van der Waals surface area contributed by atoms with Gasteiger partial charge in [0.15, 0.2) is 0 Å². The summed E-state index contributed by atoms with van der Waals surface area (Å²) in [6.45, 7) is 9.87. The molecule has 0 unspecified atom stereocenters. The van der Waals surface area contributed by atoms with Gasteiger partial charge in [0, 0.05) is 35.6 Å². The molecule has 0 fully saturated rings. The Labute approximate surface area is 167 Å². The second-order valence-electron chi connectivity index (χ2n) is 7.66. The maximum Gasteiger partial charge on any atom is 0.129 e. The standard InChI is InChI=1S/C24H27N3O/c1-6-11-27-22-13-23(28-5)19(12-21(22)17(2)14-24(27,3)4)16-26-20-9-7-18(15-25)8-10-20/h7-10,12-14,16H,6,11H2,1-5H3. The van der Waals surface area contributed by atoms with Crippen molar-refractivity contribution in [2.24, 2.45) is 4.99 Å². The summed E-state index contributed by atoms with van der Waals surface area (Å²) in [5.41, 5.74) is 6.03. The van der Waals surface area contributed by atoms with Crippen LogP contribution < -0.4 is 9.64 Å². The van der Waals surface area contributed by atoms with Crippen molar-refractivity contribution in [2.75, 3.05) is 18.6 Å². The van der Waals surface area contributed by atoms with Crippen LogP contribution in [0.3, 0.4) is 0 Å². The fourth-order valence-electron chi connectivity index (χ4n) is 3.80. The van der Waals surface area contributed by atoms with Crippen molar-refractivity contribution in [3.8, 4) is 11.8 Å². The topological polar surface area (TPSA) is 48.6 Å². The number of fused-ring (bicyclic) bond motifs is 1. The third-order valence-corrected chi connectivity index (χ3v) is 5.13. The molecule has 0 aliphatic carbocycles. The highest BCUT2D eigenvalue weighted by molar-refractivity contribution is 5.92. The normalized spacial score (nSPS) is 15.1. The number of allylic oxidation sites excluding steroid dienone is 1. The van der Waals surface area contributed by atoms with Gasteiger partial charge in [-0.3, -0.25) is 4.99 Å². The maximum absolute atomic E-state index is 8.92. The summed E-state index contributed by atoms with van der Waals surface area (Å²) in [6.07, 6.45) is 5.25. The van der Waals surface area contributed by atoms with Crippen molar-refractivity contribution in [3.63, 3.8) is 0 Å². The summed E-state index contributed by atoms with van der Waals surface area (Å²) in [5, 5.41) is 8.92. The van der Waals surface area contributed by atoms with Gasteiger partial charge in [0.2, 0.25) is 0 Å². The van der Waals surface area contributed by atoms with Crippen LogP contribution >= 0.6 is 0 Å². The molecule has 0 aromatic heterocycles. The predicted octanol–water partition coefficient (Wildman–Crippen LogP) is 5.73. The van der Waals surface area contributed by atoms with Gasteiger partial charge in [0.05, 0.1) is 30.0 Å². The number of nitriles is 1. The SMILES string of the molecule is CCCN1c2cc(OC)c(C=Nc3ccc(C#N)cc3)cc2C(C)=CC1(C)C. The lowest BCUT2D eigenvalue weighted by atomic mass is 9.87. The van der Waals surface area contributed by atoms with Crippen molar-refractivity contribution in [1.29, 1.82) is 5.26 Å². The van der Waals surface area contributed by atoms with Crippen LogP contribution in [0.15, 0.2) is 47.5 Å². The van der Waals surface area contributed by atoms with E-state index in [1.54, 1.807) is 19.2 Å². The number of ether oxygens (including phenoxy) is 1. The first-order valence-corrected chi connectivity index (χ1v) is 9.63. The number of methoxy groups -OCH3 is 1. The number of hydrogen-bond donors (Lipinski definition) is 0.